The molecule has 128 valence electrons. The van der Waals surface area contributed by atoms with Crippen LogP contribution < -0.4 is 5.32 Å². The van der Waals surface area contributed by atoms with E-state index in [4.69, 9.17) is 0 Å². The van der Waals surface area contributed by atoms with Crippen molar-refractivity contribution < 1.29 is 14.3 Å². The summed E-state index contributed by atoms with van der Waals surface area (Å²) < 4.78 is 13.3. The van der Waals surface area contributed by atoms with Crippen molar-refractivity contribution in [3.05, 3.63) is 41.2 Å². The summed E-state index contributed by atoms with van der Waals surface area (Å²) in [5, 5.41) is 15.0. The molecule has 4 nitrogen and oxygen atoms in total. The largest absolute Gasteiger partial charge is 0.396 e. The fourth-order valence-corrected chi connectivity index (χ4v) is 4.00. The Bertz CT molecular complexity index is 704. The van der Waals surface area contributed by atoms with Gasteiger partial charge >= 0.3 is 0 Å². The second kappa shape index (κ2) is 7.85. The number of carbonyl (C=O) groups is 1. The van der Waals surface area contributed by atoms with Gasteiger partial charge in [0.1, 0.15) is 10.8 Å². The molecule has 6 heteroatoms. The van der Waals surface area contributed by atoms with E-state index in [9.17, 15) is 14.3 Å². The molecule has 0 saturated heterocycles. The molecule has 1 aliphatic carbocycles. The summed E-state index contributed by atoms with van der Waals surface area (Å²) in [6.07, 6.45) is 4.29. The molecule has 3 rings (SSSR count). The average molecular weight is 348 g/mol. The Kier molecular flexibility index (Phi) is 5.58. The van der Waals surface area contributed by atoms with Gasteiger partial charge in [-0.1, -0.05) is 25.0 Å². The maximum atomic E-state index is 13.3. The van der Waals surface area contributed by atoms with Gasteiger partial charge in [0.25, 0.3) is 0 Å². The van der Waals surface area contributed by atoms with E-state index in [1.54, 1.807) is 12.1 Å². The van der Waals surface area contributed by atoms with E-state index in [1.165, 1.54) is 23.5 Å². The van der Waals surface area contributed by atoms with Crippen molar-refractivity contribution in [3.8, 4) is 10.6 Å². The number of hydrogen-bond acceptors (Lipinski definition) is 4. The lowest BCUT2D eigenvalue weighted by molar-refractivity contribution is -0.121. The summed E-state index contributed by atoms with van der Waals surface area (Å²) in [5.41, 5.74) is 1.41. The third-order valence-electron chi connectivity index (χ3n) is 4.45. The number of halogens is 1. The van der Waals surface area contributed by atoms with Crippen molar-refractivity contribution in [1.29, 1.82) is 0 Å². The second-order valence-corrected chi connectivity index (χ2v) is 7.09. The molecule has 1 aliphatic rings. The van der Waals surface area contributed by atoms with Crippen LogP contribution in [0.25, 0.3) is 10.6 Å². The summed E-state index contributed by atoms with van der Waals surface area (Å²) in [5.74, 6) is -0.216. The Hall–Kier alpha value is -1.79. The van der Waals surface area contributed by atoms with Crippen molar-refractivity contribution in [3.63, 3.8) is 0 Å². The normalized spacial score (nSPS) is 20.8. The number of amides is 1. The molecule has 1 fully saturated rings. The molecule has 2 unspecified atom stereocenters. The third-order valence-corrected chi connectivity index (χ3v) is 5.40. The summed E-state index contributed by atoms with van der Waals surface area (Å²) >= 11 is 1.41. The SMILES string of the molecule is O=C(Cc1csc(-c2cccc(F)c2)n1)NC1CCCCC1CO. The number of rotatable bonds is 5. The first-order chi connectivity index (χ1) is 11.7. The van der Waals surface area contributed by atoms with E-state index in [0.717, 1.165) is 31.2 Å². The van der Waals surface area contributed by atoms with E-state index >= 15 is 0 Å². The van der Waals surface area contributed by atoms with Gasteiger partial charge in [0.15, 0.2) is 0 Å². The third kappa shape index (κ3) is 4.19. The first kappa shape index (κ1) is 17.0. The Morgan fingerprint density at radius 1 is 1.38 bits per heavy atom. The van der Waals surface area contributed by atoms with Gasteiger partial charge in [-0.25, -0.2) is 9.37 Å². The van der Waals surface area contributed by atoms with Crippen LogP contribution in [0.4, 0.5) is 4.39 Å². The minimum absolute atomic E-state index is 0.0533. The number of carbonyl (C=O) groups excluding carboxylic acids is 1. The van der Waals surface area contributed by atoms with E-state index in [0.29, 0.717) is 10.7 Å². The van der Waals surface area contributed by atoms with E-state index in [2.05, 4.69) is 10.3 Å². The van der Waals surface area contributed by atoms with E-state index in [1.807, 2.05) is 5.38 Å². The standard InChI is InChI=1S/C18H21FN2O2S/c19-14-6-3-5-12(8-14)18-20-15(11-24-18)9-17(23)21-16-7-2-1-4-13(16)10-22/h3,5-6,8,11,13,16,22H,1-2,4,7,9-10H2,(H,21,23). The Balaban J connectivity index is 1.61. The molecule has 1 heterocycles. The number of nitrogens with one attached hydrogen (secondary N) is 1. The Labute approximate surface area is 144 Å². The van der Waals surface area contributed by atoms with Crippen LogP contribution >= 0.6 is 11.3 Å². The molecule has 0 aliphatic heterocycles. The topological polar surface area (TPSA) is 62.2 Å². The molecule has 1 aromatic heterocycles. The highest BCUT2D eigenvalue weighted by molar-refractivity contribution is 7.13. The molecular weight excluding hydrogens is 327 g/mol. The van der Waals surface area contributed by atoms with Gasteiger partial charge in [0.05, 0.1) is 12.1 Å². The number of aliphatic hydroxyl groups excluding tert-OH is 1. The predicted octanol–water partition coefficient (Wildman–Crippen LogP) is 3.16. The van der Waals surface area contributed by atoms with E-state index < -0.39 is 0 Å². The molecule has 1 saturated carbocycles. The lowest BCUT2D eigenvalue weighted by Gasteiger charge is -2.30. The fraction of sp³-hybridized carbons (Fsp3) is 0.444. The van der Waals surface area contributed by atoms with Crippen molar-refractivity contribution in [2.24, 2.45) is 5.92 Å². The summed E-state index contributed by atoms with van der Waals surface area (Å²) in [6, 6.07) is 6.34. The van der Waals surface area contributed by atoms with Gasteiger partial charge in [-0.05, 0) is 25.0 Å². The molecule has 0 radical (unpaired) electrons. The highest BCUT2D eigenvalue weighted by Crippen LogP contribution is 2.26. The monoisotopic (exact) mass is 348 g/mol. The highest BCUT2D eigenvalue weighted by atomic mass is 32.1. The molecule has 24 heavy (non-hydrogen) atoms. The lowest BCUT2D eigenvalue weighted by Crippen LogP contribution is -2.44. The summed E-state index contributed by atoms with van der Waals surface area (Å²) in [7, 11) is 0. The predicted molar refractivity (Wildman–Crippen MR) is 92.2 cm³/mol. The number of hydrogen-bond donors (Lipinski definition) is 2. The zero-order chi connectivity index (χ0) is 16.9. The first-order valence-corrected chi connectivity index (χ1v) is 9.14. The number of thiazole rings is 1. The van der Waals surface area contributed by atoms with E-state index in [-0.39, 0.29) is 36.7 Å². The van der Waals surface area contributed by atoms with Crippen LogP contribution in [0.2, 0.25) is 0 Å². The van der Waals surface area contributed by atoms with Crippen LogP contribution in [-0.2, 0) is 11.2 Å². The Morgan fingerprint density at radius 2 is 2.21 bits per heavy atom. The van der Waals surface area contributed by atoms with Crippen LogP contribution in [0.15, 0.2) is 29.6 Å². The summed E-state index contributed by atoms with van der Waals surface area (Å²) in [4.78, 5) is 16.7. The maximum Gasteiger partial charge on any atom is 0.226 e. The van der Waals surface area contributed by atoms with Crippen molar-refractivity contribution in [2.75, 3.05) is 6.61 Å². The summed E-state index contributed by atoms with van der Waals surface area (Å²) in [6.45, 7) is 0.116. The van der Waals surface area contributed by atoms with Gasteiger partial charge in [0, 0.05) is 29.5 Å². The highest BCUT2D eigenvalue weighted by Gasteiger charge is 2.25. The van der Waals surface area contributed by atoms with Crippen LogP contribution in [0.1, 0.15) is 31.4 Å². The van der Waals surface area contributed by atoms with Gasteiger partial charge in [-0.2, -0.15) is 0 Å². The molecule has 2 atom stereocenters. The minimum atomic E-state index is -0.297. The molecule has 1 aromatic carbocycles. The van der Waals surface area contributed by atoms with Crippen molar-refractivity contribution in [1.82, 2.24) is 10.3 Å². The number of benzene rings is 1. The molecule has 1 amide bonds. The molecule has 0 spiro atoms. The van der Waals surface area contributed by atoms with Crippen LogP contribution in [0.5, 0.6) is 0 Å². The smallest absolute Gasteiger partial charge is 0.226 e. The van der Waals surface area contributed by atoms with Gasteiger partial charge < -0.3 is 10.4 Å². The maximum absolute atomic E-state index is 13.3. The van der Waals surface area contributed by atoms with Crippen LogP contribution in [0.3, 0.4) is 0 Å². The van der Waals surface area contributed by atoms with Gasteiger partial charge in [-0.3, -0.25) is 4.79 Å². The minimum Gasteiger partial charge on any atom is -0.396 e. The zero-order valence-electron chi connectivity index (χ0n) is 13.4. The molecular formula is C18H21FN2O2S. The van der Waals surface area contributed by atoms with Gasteiger partial charge in [-0.15, -0.1) is 11.3 Å². The average Bonchev–Trinajstić information content (AvgIpc) is 3.03. The zero-order valence-corrected chi connectivity index (χ0v) is 14.2. The quantitative estimate of drug-likeness (QED) is 0.872. The number of aromatic nitrogens is 1. The van der Waals surface area contributed by atoms with Gasteiger partial charge in [0.2, 0.25) is 5.91 Å². The molecule has 0 bridgehead atoms. The molecule has 2 N–H and O–H groups in total. The lowest BCUT2D eigenvalue weighted by atomic mass is 9.85. The fourth-order valence-electron chi connectivity index (χ4n) is 3.18. The van der Waals surface area contributed by atoms with Crippen LogP contribution in [0, 0.1) is 11.7 Å². The molecule has 2 aromatic rings. The van der Waals surface area contributed by atoms with Crippen LogP contribution in [-0.4, -0.2) is 28.6 Å². The van der Waals surface area contributed by atoms with Crippen molar-refractivity contribution >= 4 is 17.2 Å². The van der Waals surface area contributed by atoms with Crippen molar-refractivity contribution in [2.45, 2.75) is 38.1 Å². The number of aliphatic hydroxyl groups is 1. The second-order valence-electron chi connectivity index (χ2n) is 6.23. The first-order valence-electron chi connectivity index (χ1n) is 8.26. The Morgan fingerprint density at radius 3 is 3.00 bits per heavy atom. The number of nitrogens with zero attached hydrogens (tertiary/aromatic N) is 1.